The third-order valence-electron chi connectivity index (χ3n) is 4.41. The van der Waals surface area contributed by atoms with E-state index in [4.69, 9.17) is 9.47 Å². The van der Waals surface area contributed by atoms with E-state index in [1.54, 1.807) is 0 Å². The van der Waals surface area contributed by atoms with Crippen LogP contribution in [0, 0.1) is 6.92 Å². The van der Waals surface area contributed by atoms with E-state index in [0.717, 1.165) is 40.4 Å². The van der Waals surface area contributed by atoms with Crippen molar-refractivity contribution < 1.29 is 14.3 Å². The third-order valence-corrected chi connectivity index (χ3v) is 4.41. The molecule has 6 nitrogen and oxygen atoms in total. The molecule has 0 saturated carbocycles. The van der Waals surface area contributed by atoms with E-state index < -0.39 is 0 Å². The number of benzene rings is 1. The lowest BCUT2D eigenvalue weighted by Crippen LogP contribution is -2.27. The highest BCUT2D eigenvalue weighted by Crippen LogP contribution is 2.28. The second-order valence-electron chi connectivity index (χ2n) is 6.58. The van der Waals surface area contributed by atoms with E-state index in [-0.39, 0.29) is 12.3 Å². The number of hydrogen-bond acceptors (Lipinski definition) is 4. The molecule has 0 unspecified atom stereocenters. The topological polar surface area (TPSA) is 64.9 Å². The van der Waals surface area contributed by atoms with E-state index in [9.17, 15) is 4.79 Å². The lowest BCUT2D eigenvalue weighted by molar-refractivity contribution is -0.120. The van der Waals surface area contributed by atoms with Crippen LogP contribution in [-0.2, 0) is 17.6 Å². The smallest absolute Gasteiger partial charge is 0.226 e. The lowest BCUT2D eigenvalue weighted by Gasteiger charge is -2.12. The summed E-state index contributed by atoms with van der Waals surface area (Å²) in [5.41, 5.74) is 3.85. The molecule has 0 bridgehead atoms. The normalized spacial score (nSPS) is 10.8. The Hall–Kier alpha value is -3.02. The first kappa shape index (κ1) is 19.7. The highest BCUT2D eigenvalue weighted by Gasteiger charge is 2.10. The maximum Gasteiger partial charge on any atom is 0.226 e. The molecule has 0 fully saturated rings. The third kappa shape index (κ3) is 4.82. The minimum absolute atomic E-state index is 0.0305. The van der Waals surface area contributed by atoms with Crippen molar-refractivity contribution >= 4 is 11.6 Å². The molecule has 6 heteroatoms. The van der Waals surface area contributed by atoms with Crippen LogP contribution < -0.4 is 14.8 Å². The van der Waals surface area contributed by atoms with Gasteiger partial charge < -0.3 is 19.2 Å². The van der Waals surface area contributed by atoms with Gasteiger partial charge in [-0.1, -0.05) is 12.1 Å². The molecule has 0 aliphatic heterocycles. The van der Waals surface area contributed by atoms with Crippen LogP contribution >= 0.6 is 0 Å². The standard InChI is InChI=1S/C22H27N3O3/c1-4-27-19-9-8-17(13-20(19)28-5-2)10-11-23-21(26)14-18-15-25-12-6-7-16(3)22(25)24-18/h6-9,12-13,15H,4-5,10-11,14H2,1-3H3,(H,23,26). The van der Waals surface area contributed by atoms with Gasteiger partial charge in [0, 0.05) is 18.9 Å². The van der Waals surface area contributed by atoms with Crippen molar-refractivity contribution in [1.82, 2.24) is 14.7 Å². The monoisotopic (exact) mass is 381 g/mol. The van der Waals surface area contributed by atoms with Crippen molar-refractivity contribution in [3.05, 3.63) is 59.5 Å². The summed E-state index contributed by atoms with van der Waals surface area (Å²) in [6.45, 7) is 7.65. The molecule has 2 heterocycles. The van der Waals surface area contributed by atoms with Crippen LogP contribution in [0.3, 0.4) is 0 Å². The molecule has 0 spiro atoms. The predicted molar refractivity (Wildman–Crippen MR) is 109 cm³/mol. The van der Waals surface area contributed by atoms with Crippen molar-refractivity contribution in [2.75, 3.05) is 19.8 Å². The van der Waals surface area contributed by atoms with E-state index in [1.165, 1.54) is 0 Å². The average Bonchev–Trinajstić information content (AvgIpc) is 3.08. The van der Waals surface area contributed by atoms with Crippen molar-refractivity contribution in [1.29, 1.82) is 0 Å². The number of rotatable bonds is 9. The molecule has 28 heavy (non-hydrogen) atoms. The summed E-state index contributed by atoms with van der Waals surface area (Å²) in [6.07, 6.45) is 4.85. The molecule has 148 valence electrons. The fourth-order valence-corrected chi connectivity index (χ4v) is 3.11. The fourth-order valence-electron chi connectivity index (χ4n) is 3.11. The highest BCUT2D eigenvalue weighted by molar-refractivity contribution is 5.78. The number of nitrogens with one attached hydrogen (secondary N) is 1. The van der Waals surface area contributed by atoms with Gasteiger partial charge in [0.1, 0.15) is 5.65 Å². The summed E-state index contributed by atoms with van der Waals surface area (Å²) in [4.78, 5) is 16.8. The maximum absolute atomic E-state index is 12.3. The highest BCUT2D eigenvalue weighted by atomic mass is 16.5. The summed E-state index contributed by atoms with van der Waals surface area (Å²) in [5.74, 6) is 1.46. The van der Waals surface area contributed by atoms with Crippen LogP contribution in [0.15, 0.2) is 42.7 Å². The van der Waals surface area contributed by atoms with E-state index in [2.05, 4.69) is 10.3 Å². The van der Waals surface area contributed by atoms with Crippen LogP contribution in [0.1, 0.15) is 30.7 Å². The molecular formula is C22H27N3O3. The van der Waals surface area contributed by atoms with Crippen molar-refractivity contribution in [3.63, 3.8) is 0 Å². The van der Waals surface area contributed by atoms with Crippen molar-refractivity contribution in [3.8, 4) is 11.5 Å². The first-order valence-electron chi connectivity index (χ1n) is 9.69. The Labute approximate surface area is 165 Å². The summed E-state index contributed by atoms with van der Waals surface area (Å²) in [6, 6.07) is 9.89. The number of carbonyl (C=O) groups is 1. The number of imidazole rings is 1. The molecule has 0 radical (unpaired) electrons. The van der Waals surface area contributed by atoms with E-state index >= 15 is 0 Å². The van der Waals surface area contributed by atoms with Gasteiger partial charge in [0.05, 0.1) is 25.3 Å². The number of aromatic nitrogens is 2. The average molecular weight is 381 g/mol. The second-order valence-corrected chi connectivity index (χ2v) is 6.58. The Morgan fingerprint density at radius 1 is 1.14 bits per heavy atom. The Kier molecular flexibility index (Phi) is 6.53. The van der Waals surface area contributed by atoms with Crippen LogP contribution in [-0.4, -0.2) is 35.1 Å². The lowest BCUT2D eigenvalue weighted by atomic mass is 10.1. The van der Waals surface area contributed by atoms with Gasteiger partial charge in [0.2, 0.25) is 5.91 Å². The van der Waals surface area contributed by atoms with Gasteiger partial charge in [-0.05, 0) is 56.5 Å². The molecule has 1 aromatic carbocycles. The summed E-state index contributed by atoms with van der Waals surface area (Å²) >= 11 is 0. The van der Waals surface area contributed by atoms with Crippen LogP contribution in [0.4, 0.5) is 0 Å². The molecule has 0 saturated heterocycles. The molecule has 3 aromatic rings. The van der Waals surface area contributed by atoms with Gasteiger partial charge in [0.15, 0.2) is 11.5 Å². The number of amides is 1. The zero-order valence-corrected chi connectivity index (χ0v) is 16.7. The Morgan fingerprint density at radius 3 is 2.68 bits per heavy atom. The number of fused-ring (bicyclic) bond motifs is 1. The number of carbonyl (C=O) groups excluding carboxylic acids is 1. The number of nitrogens with zero attached hydrogens (tertiary/aromatic N) is 2. The molecule has 1 N–H and O–H groups in total. The summed E-state index contributed by atoms with van der Waals surface area (Å²) < 4.78 is 13.2. The van der Waals surface area contributed by atoms with Crippen LogP contribution in [0.5, 0.6) is 11.5 Å². The molecule has 0 aliphatic carbocycles. The van der Waals surface area contributed by atoms with Gasteiger partial charge in [-0.2, -0.15) is 0 Å². The summed E-state index contributed by atoms with van der Waals surface area (Å²) in [7, 11) is 0. The van der Waals surface area contributed by atoms with Crippen molar-refractivity contribution in [2.45, 2.75) is 33.6 Å². The zero-order chi connectivity index (χ0) is 19.9. The van der Waals surface area contributed by atoms with Crippen LogP contribution in [0.2, 0.25) is 0 Å². The fraction of sp³-hybridized carbons (Fsp3) is 0.364. The van der Waals surface area contributed by atoms with Gasteiger partial charge in [0.25, 0.3) is 0 Å². The molecule has 2 aromatic heterocycles. The van der Waals surface area contributed by atoms with E-state index in [1.807, 2.05) is 67.9 Å². The number of hydrogen-bond donors (Lipinski definition) is 1. The largest absolute Gasteiger partial charge is 0.490 e. The number of aryl methyl sites for hydroxylation is 1. The van der Waals surface area contributed by atoms with Gasteiger partial charge in [-0.25, -0.2) is 4.98 Å². The molecular weight excluding hydrogens is 354 g/mol. The Morgan fingerprint density at radius 2 is 1.93 bits per heavy atom. The van der Waals surface area contributed by atoms with Gasteiger partial charge in [-0.15, -0.1) is 0 Å². The first-order valence-corrected chi connectivity index (χ1v) is 9.69. The first-order chi connectivity index (χ1) is 13.6. The SMILES string of the molecule is CCOc1ccc(CCNC(=O)Cc2cn3cccc(C)c3n2)cc1OCC. The molecule has 0 aliphatic rings. The molecule has 1 amide bonds. The maximum atomic E-state index is 12.3. The number of ether oxygens (including phenoxy) is 2. The summed E-state index contributed by atoms with van der Waals surface area (Å²) in [5, 5.41) is 2.97. The molecule has 3 rings (SSSR count). The number of pyridine rings is 1. The van der Waals surface area contributed by atoms with Gasteiger partial charge in [-0.3, -0.25) is 4.79 Å². The predicted octanol–water partition coefficient (Wildman–Crippen LogP) is 3.34. The Balaban J connectivity index is 1.54. The van der Waals surface area contributed by atoms with Gasteiger partial charge >= 0.3 is 0 Å². The van der Waals surface area contributed by atoms with Crippen LogP contribution in [0.25, 0.3) is 5.65 Å². The molecule has 0 atom stereocenters. The minimum atomic E-state index is -0.0305. The minimum Gasteiger partial charge on any atom is -0.490 e. The Bertz CT molecular complexity index is 949. The van der Waals surface area contributed by atoms with E-state index in [0.29, 0.717) is 19.8 Å². The quantitative estimate of drug-likeness (QED) is 0.617. The van der Waals surface area contributed by atoms with Crippen molar-refractivity contribution in [2.24, 2.45) is 0 Å². The zero-order valence-electron chi connectivity index (χ0n) is 16.7. The second kappa shape index (κ2) is 9.26.